The molecule has 0 unspecified atom stereocenters. The number of hydrogen-bond acceptors (Lipinski definition) is 3. The molecule has 2 aromatic rings. The molecule has 0 radical (unpaired) electrons. The molecule has 0 saturated heterocycles. The molecular weight excluding hydrogens is 348 g/mol. The van der Waals surface area contributed by atoms with Gasteiger partial charge in [0.2, 0.25) is 5.91 Å². The maximum absolute atomic E-state index is 12.5. The lowest BCUT2D eigenvalue weighted by Crippen LogP contribution is -2.38. The molecule has 6 heteroatoms. The van der Waals surface area contributed by atoms with Gasteiger partial charge in [0.1, 0.15) is 0 Å². The third-order valence-electron chi connectivity index (χ3n) is 5.37. The first-order chi connectivity index (χ1) is 12.2. The minimum Gasteiger partial charge on any atom is -0.352 e. The van der Waals surface area contributed by atoms with Crippen molar-refractivity contribution in [3.05, 3.63) is 53.9 Å². The molecule has 1 fully saturated rings. The van der Waals surface area contributed by atoms with Gasteiger partial charge in [-0.05, 0) is 42.0 Å². The van der Waals surface area contributed by atoms with Crippen molar-refractivity contribution in [2.45, 2.75) is 51.6 Å². The molecule has 1 aliphatic rings. The molecule has 142 valence electrons. The molecule has 1 heterocycles. The van der Waals surface area contributed by atoms with Gasteiger partial charge in [-0.25, -0.2) is 0 Å². The second kappa shape index (κ2) is 9.74. The van der Waals surface area contributed by atoms with Gasteiger partial charge in [-0.2, -0.15) is 5.10 Å². The Morgan fingerprint density at radius 3 is 2.54 bits per heavy atom. The quantitative estimate of drug-likeness (QED) is 0.778. The number of aromatic nitrogens is 2. The van der Waals surface area contributed by atoms with E-state index in [2.05, 4.69) is 22.5 Å². The van der Waals surface area contributed by atoms with Crippen molar-refractivity contribution in [2.24, 2.45) is 11.1 Å². The number of carbonyl (C=O) groups excluding carboxylic acids is 1. The van der Waals surface area contributed by atoms with E-state index in [-0.39, 0.29) is 23.7 Å². The Morgan fingerprint density at radius 2 is 1.88 bits per heavy atom. The minimum atomic E-state index is 0. The lowest BCUT2D eigenvalue weighted by atomic mass is 9.71. The summed E-state index contributed by atoms with van der Waals surface area (Å²) in [7, 11) is 0. The number of nitrogens with two attached hydrogens (primary N) is 1. The molecule has 1 aromatic carbocycles. The van der Waals surface area contributed by atoms with E-state index in [0.717, 1.165) is 18.4 Å². The molecule has 1 aliphatic carbocycles. The molecule has 1 saturated carbocycles. The van der Waals surface area contributed by atoms with Crippen LogP contribution in [0.2, 0.25) is 0 Å². The van der Waals surface area contributed by atoms with Gasteiger partial charge in [0.15, 0.2) is 0 Å². The molecule has 0 atom stereocenters. The van der Waals surface area contributed by atoms with E-state index in [9.17, 15) is 4.79 Å². The Labute approximate surface area is 161 Å². The first kappa shape index (κ1) is 20.5. The summed E-state index contributed by atoms with van der Waals surface area (Å²) in [6, 6.07) is 10.1. The summed E-state index contributed by atoms with van der Waals surface area (Å²) in [5.74, 6) is 0.112. The van der Waals surface area contributed by atoms with Crippen LogP contribution in [-0.4, -0.2) is 22.2 Å². The maximum atomic E-state index is 12.5. The molecule has 0 bridgehead atoms. The second-order valence-corrected chi connectivity index (χ2v) is 7.19. The van der Waals surface area contributed by atoms with Crippen molar-refractivity contribution in [3.8, 4) is 0 Å². The normalized spacial score (nSPS) is 15.9. The monoisotopic (exact) mass is 376 g/mol. The smallest absolute Gasteiger partial charge is 0.220 e. The first-order valence-electron chi connectivity index (χ1n) is 9.22. The molecule has 1 aromatic heterocycles. The molecule has 3 rings (SSSR count). The fraction of sp³-hybridized carbons (Fsp3) is 0.500. The van der Waals surface area contributed by atoms with Crippen LogP contribution in [-0.2, 0) is 17.9 Å². The third kappa shape index (κ3) is 5.32. The number of hydrogen-bond donors (Lipinski definition) is 2. The van der Waals surface area contributed by atoms with Crippen LogP contribution in [0.4, 0.5) is 0 Å². The van der Waals surface area contributed by atoms with E-state index in [4.69, 9.17) is 5.73 Å². The van der Waals surface area contributed by atoms with Gasteiger partial charge in [0.05, 0.1) is 6.54 Å². The highest BCUT2D eigenvalue weighted by Gasteiger charge is 2.32. The average molecular weight is 377 g/mol. The van der Waals surface area contributed by atoms with E-state index in [0.29, 0.717) is 26.1 Å². The number of rotatable bonds is 7. The SMILES string of the molecule is Cl.NCC1(CC(=O)NCc2ccccc2Cn2cccn2)CCCCC1. The fourth-order valence-electron chi connectivity index (χ4n) is 3.80. The van der Waals surface area contributed by atoms with Crippen LogP contribution in [0.1, 0.15) is 49.7 Å². The number of halogens is 1. The fourth-order valence-corrected chi connectivity index (χ4v) is 3.80. The Hall–Kier alpha value is -1.85. The van der Waals surface area contributed by atoms with Crippen LogP contribution >= 0.6 is 12.4 Å². The summed E-state index contributed by atoms with van der Waals surface area (Å²) >= 11 is 0. The van der Waals surface area contributed by atoms with Crippen LogP contribution in [0.15, 0.2) is 42.7 Å². The predicted molar refractivity (Wildman–Crippen MR) is 106 cm³/mol. The van der Waals surface area contributed by atoms with Crippen LogP contribution in [0.25, 0.3) is 0 Å². The largest absolute Gasteiger partial charge is 0.352 e. The lowest BCUT2D eigenvalue weighted by Gasteiger charge is -2.35. The zero-order valence-corrected chi connectivity index (χ0v) is 16.0. The Morgan fingerprint density at radius 1 is 1.15 bits per heavy atom. The summed E-state index contributed by atoms with van der Waals surface area (Å²) < 4.78 is 1.89. The van der Waals surface area contributed by atoms with Gasteiger partial charge < -0.3 is 11.1 Å². The average Bonchev–Trinajstić information content (AvgIpc) is 3.15. The van der Waals surface area contributed by atoms with Crippen molar-refractivity contribution < 1.29 is 4.79 Å². The highest BCUT2D eigenvalue weighted by molar-refractivity contribution is 5.85. The molecule has 1 amide bonds. The standard InChI is InChI=1S/C20H28N4O.ClH/c21-16-20(9-4-1-5-10-20)13-19(25)22-14-17-7-2-3-8-18(17)15-24-12-6-11-23-24;/h2-3,6-8,11-12H,1,4-5,9-10,13-16,21H2,(H,22,25);1H. The molecule has 26 heavy (non-hydrogen) atoms. The van der Waals surface area contributed by atoms with E-state index in [1.54, 1.807) is 6.20 Å². The highest BCUT2D eigenvalue weighted by Crippen LogP contribution is 2.38. The topological polar surface area (TPSA) is 72.9 Å². The molecule has 0 spiro atoms. The van der Waals surface area contributed by atoms with Crippen LogP contribution < -0.4 is 11.1 Å². The van der Waals surface area contributed by atoms with Crippen molar-refractivity contribution in [1.29, 1.82) is 0 Å². The Bertz CT molecular complexity index is 681. The zero-order valence-electron chi connectivity index (χ0n) is 15.2. The number of carbonyl (C=O) groups is 1. The molecule has 3 N–H and O–H groups in total. The van der Waals surface area contributed by atoms with Crippen LogP contribution in [0, 0.1) is 5.41 Å². The highest BCUT2D eigenvalue weighted by atomic mass is 35.5. The van der Waals surface area contributed by atoms with Crippen molar-refractivity contribution in [2.75, 3.05) is 6.54 Å². The summed E-state index contributed by atoms with van der Waals surface area (Å²) in [5.41, 5.74) is 8.33. The second-order valence-electron chi connectivity index (χ2n) is 7.19. The summed E-state index contributed by atoms with van der Waals surface area (Å²) in [6.07, 6.45) is 10.1. The van der Waals surface area contributed by atoms with E-state index in [1.807, 2.05) is 29.1 Å². The van der Waals surface area contributed by atoms with E-state index in [1.165, 1.54) is 24.8 Å². The summed E-state index contributed by atoms with van der Waals surface area (Å²) in [4.78, 5) is 12.5. The van der Waals surface area contributed by atoms with Gasteiger partial charge in [-0.1, -0.05) is 43.5 Å². The van der Waals surface area contributed by atoms with Crippen molar-refractivity contribution in [1.82, 2.24) is 15.1 Å². The van der Waals surface area contributed by atoms with Crippen LogP contribution in [0.3, 0.4) is 0 Å². The lowest BCUT2D eigenvalue weighted by molar-refractivity contribution is -0.124. The summed E-state index contributed by atoms with van der Waals surface area (Å²) in [6.45, 7) is 1.87. The number of nitrogens with zero attached hydrogens (tertiary/aromatic N) is 2. The van der Waals surface area contributed by atoms with E-state index < -0.39 is 0 Å². The van der Waals surface area contributed by atoms with Gasteiger partial charge in [-0.3, -0.25) is 9.48 Å². The Kier molecular flexibility index (Phi) is 7.66. The summed E-state index contributed by atoms with van der Waals surface area (Å²) in [5, 5.41) is 7.36. The van der Waals surface area contributed by atoms with Gasteiger partial charge in [0.25, 0.3) is 0 Å². The van der Waals surface area contributed by atoms with Crippen LogP contribution in [0.5, 0.6) is 0 Å². The van der Waals surface area contributed by atoms with Crippen molar-refractivity contribution >= 4 is 18.3 Å². The predicted octanol–water partition coefficient (Wildman–Crippen LogP) is 3.27. The first-order valence-corrected chi connectivity index (χ1v) is 9.22. The van der Waals surface area contributed by atoms with Gasteiger partial charge >= 0.3 is 0 Å². The number of benzene rings is 1. The third-order valence-corrected chi connectivity index (χ3v) is 5.37. The molecular formula is C20H29ClN4O. The molecule has 5 nitrogen and oxygen atoms in total. The van der Waals surface area contributed by atoms with E-state index >= 15 is 0 Å². The van der Waals surface area contributed by atoms with Gasteiger partial charge in [0, 0.05) is 25.4 Å². The van der Waals surface area contributed by atoms with Gasteiger partial charge in [-0.15, -0.1) is 12.4 Å². The number of amides is 1. The Balaban J connectivity index is 0.00000243. The minimum absolute atomic E-state index is 0. The zero-order chi connectivity index (χ0) is 17.5. The molecule has 0 aliphatic heterocycles. The maximum Gasteiger partial charge on any atom is 0.220 e. The van der Waals surface area contributed by atoms with Crippen molar-refractivity contribution in [3.63, 3.8) is 0 Å². The number of nitrogens with one attached hydrogen (secondary N) is 1.